The van der Waals surface area contributed by atoms with Crippen molar-refractivity contribution in [2.45, 2.75) is 13.3 Å². The standard InChI is InChI=1S/C16H27N5O4S/c1-3-26(23,24)19-8-5-7-18-16(17-2)21-11-9-20(10-12-21)15(22)14-6-4-13-25-14/h4,6,13,19H,3,5,7-12H2,1-2H3,(H,17,18). The maximum Gasteiger partial charge on any atom is 0.289 e. The van der Waals surface area contributed by atoms with Crippen LogP contribution in [0.25, 0.3) is 0 Å². The first kappa shape index (κ1) is 20.2. The number of piperazine rings is 1. The molecule has 26 heavy (non-hydrogen) atoms. The van der Waals surface area contributed by atoms with Crippen LogP contribution in [0.3, 0.4) is 0 Å². The molecular formula is C16H27N5O4S. The van der Waals surface area contributed by atoms with Crippen LogP contribution in [0.1, 0.15) is 23.9 Å². The van der Waals surface area contributed by atoms with Crippen LogP contribution >= 0.6 is 0 Å². The summed E-state index contributed by atoms with van der Waals surface area (Å²) in [5, 5.41) is 3.23. The van der Waals surface area contributed by atoms with Gasteiger partial charge >= 0.3 is 0 Å². The number of amides is 1. The summed E-state index contributed by atoms with van der Waals surface area (Å²) >= 11 is 0. The van der Waals surface area contributed by atoms with Crippen LogP contribution < -0.4 is 10.0 Å². The van der Waals surface area contributed by atoms with Crippen LogP contribution in [0.4, 0.5) is 0 Å². The lowest BCUT2D eigenvalue weighted by Gasteiger charge is -2.36. The average molecular weight is 385 g/mol. The van der Waals surface area contributed by atoms with Crippen LogP contribution in [0, 0.1) is 0 Å². The molecule has 2 N–H and O–H groups in total. The highest BCUT2D eigenvalue weighted by Crippen LogP contribution is 2.09. The molecule has 2 rings (SSSR count). The molecule has 1 aliphatic heterocycles. The maximum atomic E-state index is 12.3. The van der Waals surface area contributed by atoms with E-state index in [1.165, 1.54) is 6.26 Å². The van der Waals surface area contributed by atoms with E-state index in [0.717, 1.165) is 5.96 Å². The second kappa shape index (κ2) is 9.58. The summed E-state index contributed by atoms with van der Waals surface area (Å²) in [7, 11) is -1.43. The first-order valence-corrected chi connectivity index (χ1v) is 10.4. The van der Waals surface area contributed by atoms with Gasteiger partial charge in [0.15, 0.2) is 11.7 Å². The minimum atomic E-state index is -3.14. The summed E-state index contributed by atoms with van der Waals surface area (Å²) in [6, 6.07) is 3.37. The molecule has 9 nitrogen and oxygen atoms in total. The molecule has 1 aromatic rings. The van der Waals surface area contributed by atoms with Crippen molar-refractivity contribution in [3.05, 3.63) is 24.2 Å². The van der Waals surface area contributed by atoms with E-state index < -0.39 is 10.0 Å². The molecule has 0 spiro atoms. The number of nitrogens with one attached hydrogen (secondary N) is 2. The average Bonchev–Trinajstić information content (AvgIpc) is 3.19. The lowest BCUT2D eigenvalue weighted by molar-refractivity contribution is 0.0657. The van der Waals surface area contributed by atoms with Crippen molar-refractivity contribution in [3.63, 3.8) is 0 Å². The number of nitrogens with zero attached hydrogens (tertiary/aromatic N) is 3. The highest BCUT2D eigenvalue weighted by molar-refractivity contribution is 7.89. The molecule has 1 amide bonds. The van der Waals surface area contributed by atoms with E-state index >= 15 is 0 Å². The van der Waals surface area contributed by atoms with Gasteiger partial charge in [0.25, 0.3) is 5.91 Å². The molecule has 1 aliphatic rings. The van der Waals surface area contributed by atoms with Gasteiger partial charge in [0.05, 0.1) is 12.0 Å². The van der Waals surface area contributed by atoms with Gasteiger partial charge in [-0.3, -0.25) is 9.79 Å². The number of hydrogen-bond donors (Lipinski definition) is 2. The topological polar surface area (TPSA) is 107 Å². The van der Waals surface area contributed by atoms with E-state index in [1.54, 1.807) is 31.0 Å². The summed E-state index contributed by atoms with van der Waals surface area (Å²) in [5.41, 5.74) is 0. The fourth-order valence-corrected chi connectivity index (χ4v) is 3.29. The molecule has 0 aromatic carbocycles. The molecule has 1 fully saturated rings. The number of aliphatic imine (C=N–C) groups is 1. The monoisotopic (exact) mass is 385 g/mol. The van der Waals surface area contributed by atoms with Gasteiger partial charge in [-0.25, -0.2) is 13.1 Å². The predicted molar refractivity (Wildman–Crippen MR) is 99.6 cm³/mol. The van der Waals surface area contributed by atoms with E-state index in [-0.39, 0.29) is 11.7 Å². The van der Waals surface area contributed by atoms with Crippen LogP contribution in [0.5, 0.6) is 0 Å². The smallest absolute Gasteiger partial charge is 0.289 e. The number of guanidine groups is 1. The van der Waals surface area contributed by atoms with Gasteiger partial charge in [-0.05, 0) is 25.5 Å². The molecule has 146 valence electrons. The van der Waals surface area contributed by atoms with E-state index in [4.69, 9.17) is 4.42 Å². The minimum Gasteiger partial charge on any atom is -0.459 e. The summed E-state index contributed by atoms with van der Waals surface area (Å²) in [6.07, 6.45) is 2.16. The molecule has 2 heterocycles. The Balaban J connectivity index is 1.72. The molecular weight excluding hydrogens is 358 g/mol. The van der Waals surface area contributed by atoms with Gasteiger partial charge in [0.2, 0.25) is 10.0 Å². The lowest BCUT2D eigenvalue weighted by Crippen LogP contribution is -2.54. The zero-order chi connectivity index (χ0) is 19.0. The van der Waals surface area contributed by atoms with Crippen molar-refractivity contribution < 1.29 is 17.6 Å². The number of furan rings is 1. The van der Waals surface area contributed by atoms with Crippen LogP contribution in [0.15, 0.2) is 27.8 Å². The van der Waals surface area contributed by atoms with Crippen molar-refractivity contribution >= 4 is 21.9 Å². The molecule has 0 bridgehead atoms. The number of sulfonamides is 1. The van der Waals surface area contributed by atoms with Gasteiger partial charge in [-0.15, -0.1) is 0 Å². The van der Waals surface area contributed by atoms with Crippen molar-refractivity contribution in [2.24, 2.45) is 4.99 Å². The van der Waals surface area contributed by atoms with Gasteiger partial charge in [-0.1, -0.05) is 0 Å². The zero-order valence-corrected chi connectivity index (χ0v) is 16.1. The predicted octanol–water partition coefficient (Wildman–Crippen LogP) is -0.0578. The van der Waals surface area contributed by atoms with E-state index in [9.17, 15) is 13.2 Å². The lowest BCUT2D eigenvalue weighted by atomic mass is 10.3. The first-order valence-electron chi connectivity index (χ1n) is 8.72. The van der Waals surface area contributed by atoms with Gasteiger partial charge in [0, 0.05) is 46.3 Å². The van der Waals surface area contributed by atoms with Crippen molar-refractivity contribution in [3.8, 4) is 0 Å². The van der Waals surface area contributed by atoms with Crippen LogP contribution in [0.2, 0.25) is 0 Å². The minimum absolute atomic E-state index is 0.0864. The fourth-order valence-electron chi connectivity index (χ4n) is 2.63. The van der Waals surface area contributed by atoms with Gasteiger partial charge in [0.1, 0.15) is 0 Å². The molecule has 0 unspecified atom stereocenters. The molecule has 10 heteroatoms. The second-order valence-electron chi connectivity index (χ2n) is 5.88. The summed E-state index contributed by atoms with van der Waals surface area (Å²) in [5.74, 6) is 1.10. The van der Waals surface area contributed by atoms with Crippen molar-refractivity contribution in [1.82, 2.24) is 19.8 Å². The number of carbonyl (C=O) groups is 1. The Hall–Kier alpha value is -2.07. The van der Waals surface area contributed by atoms with Gasteiger partial charge in [-0.2, -0.15) is 0 Å². The third-order valence-corrected chi connectivity index (χ3v) is 5.55. The van der Waals surface area contributed by atoms with E-state index in [0.29, 0.717) is 51.4 Å². The molecule has 1 aromatic heterocycles. The SMILES string of the molecule is CCS(=O)(=O)NCCCNC(=NC)N1CCN(C(=O)c2ccco2)CC1. The summed E-state index contributed by atoms with van der Waals surface area (Å²) < 4.78 is 30.4. The molecule has 1 saturated heterocycles. The normalized spacial score (nSPS) is 16.0. The van der Waals surface area contributed by atoms with Gasteiger partial charge < -0.3 is 19.5 Å². The molecule has 0 saturated carbocycles. The Morgan fingerprint density at radius 1 is 1.23 bits per heavy atom. The fraction of sp³-hybridized carbons (Fsp3) is 0.625. The Labute approximate surface area is 154 Å². The first-order chi connectivity index (χ1) is 12.5. The highest BCUT2D eigenvalue weighted by Gasteiger charge is 2.24. The number of carbonyl (C=O) groups excluding carboxylic acids is 1. The molecule has 0 radical (unpaired) electrons. The third kappa shape index (κ3) is 5.73. The van der Waals surface area contributed by atoms with Crippen LogP contribution in [-0.2, 0) is 10.0 Å². The molecule has 0 atom stereocenters. The Bertz CT molecular complexity index is 694. The zero-order valence-electron chi connectivity index (χ0n) is 15.3. The van der Waals surface area contributed by atoms with E-state index in [1.807, 2.05) is 0 Å². The number of hydrogen-bond acceptors (Lipinski definition) is 5. The number of rotatable bonds is 7. The Kier molecular flexibility index (Phi) is 7.46. The highest BCUT2D eigenvalue weighted by atomic mass is 32.2. The molecule has 0 aliphatic carbocycles. The van der Waals surface area contributed by atoms with Crippen molar-refractivity contribution in [1.29, 1.82) is 0 Å². The summed E-state index contributed by atoms with van der Waals surface area (Å²) in [6.45, 7) is 5.16. The second-order valence-corrected chi connectivity index (χ2v) is 7.98. The van der Waals surface area contributed by atoms with Crippen molar-refractivity contribution in [2.75, 3.05) is 52.1 Å². The Morgan fingerprint density at radius 2 is 1.92 bits per heavy atom. The third-order valence-electron chi connectivity index (χ3n) is 4.15. The maximum absolute atomic E-state index is 12.3. The largest absolute Gasteiger partial charge is 0.459 e. The Morgan fingerprint density at radius 3 is 2.50 bits per heavy atom. The summed E-state index contributed by atoms with van der Waals surface area (Å²) in [4.78, 5) is 20.4. The quantitative estimate of drug-likeness (QED) is 0.387. The van der Waals surface area contributed by atoms with E-state index in [2.05, 4.69) is 19.9 Å². The van der Waals surface area contributed by atoms with Crippen LogP contribution in [-0.4, -0.2) is 82.2 Å².